The molecule has 38 heavy (non-hydrogen) atoms. The molecule has 1 aromatic heterocycles. The van der Waals surface area contributed by atoms with Gasteiger partial charge in [0, 0.05) is 24.7 Å². The van der Waals surface area contributed by atoms with Crippen molar-refractivity contribution in [2.75, 3.05) is 13.1 Å². The van der Waals surface area contributed by atoms with Gasteiger partial charge in [-0.3, -0.25) is 19.2 Å². The topological polar surface area (TPSA) is 269 Å². The van der Waals surface area contributed by atoms with Crippen LogP contribution in [-0.2, 0) is 30.4 Å². The Morgan fingerprint density at radius 2 is 1.37 bits per heavy atom. The van der Waals surface area contributed by atoms with E-state index in [1.807, 2.05) is 0 Å². The lowest BCUT2D eigenvalue weighted by Crippen LogP contribution is -2.57. The van der Waals surface area contributed by atoms with Gasteiger partial charge in [0.15, 0.2) is 0 Å². The van der Waals surface area contributed by atoms with Crippen LogP contribution in [0.5, 0.6) is 0 Å². The van der Waals surface area contributed by atoms with Gasteiger partial charge in [-0.15, -0.1) is 0 Å². The van der Waals surface area contributed by atoms with E-state index < -0.39 is 60.2 Å². The van der Waals surface area contributed by atoms with E-state index in [2.05, 4.69) is 25.9 Å². The highest BCUT2D eigenvalue weighted by molar-refractivity contribution is 5.94. The molecule has 1 rings (SSSR count). The van der Waals surface area contributed by atoms with Crippen LogP contribution in [-0.4, -0.2) is 87.1 Å². The molecule has 15 heteroatoms. The summed E-state index contributed by atoms with van der Waals surface area (Å²) in [5.41, 5.74) is 17.4. The van der Waals surface area contributed by atoms with Crippen molar-refractivity contribution < 1.29 is 34.2 Å². The lowest BCUT2D eigenvalue weighted by atomic mass is 10.0. The molecule has 4 unspecified atom stereocenters. The molecule has 0 aliphatic rings. The first-order chi connectivity index (χ1) is 18.1. The normalized spacial score (nSPS) is 14.1. The summed E-state index contributed by atoms with van der Waals surface area (Å²) in [7, 11) is 0. The van der Waals surface area contributed by atoms with E-state index in [9.17, 15) is 29.1 Å². The van der Waals surface area contributed by atoms with Crippen molar-refractivity contribution >= 4 is 29.7 Å². The monoisotopic (exact) mass is 540 g/mol. The second kappa shape index (κ2) is 17.8. The summed E-state index contributed by atoms with van der Waals surface area (Å²) in [5, 5.41) is 26.0. The first kappa shape index (κ1) is 32.5. The van der Waals surface area contributed by atoms with Crippen molar-refractivity contribution in [1.82, 2.24) is 25.9 Å². The molecule has 0 saturated carbocycles. The number of aromatic nitrogens is 2. The molecule has 15 nitrogen and oxygen atoms in total. The number of hydrogen-bond donors (Lipinski definition) is 9. The van der Waals surface area contributed by atoms with Crippen LogP contribution in [0.2, 0.25) is 0 Å². The van der Waals surface area contributed by atoms with Crippen LogP contribution in [0.3, 0.4) is 0 Å². The highest BCUT2D eigenvalue weighted by Crippen LogP contribution is 2.07. The highest BCUT2D eigenvalue weighted by Gasteiger charge is 2.30. The van der Waals surface area contributed by atoms with Gasteiger partial charge in [0.2, 0.25) is 17.7 Å². The summed E-state index contributed by atoms with van der Waals surface area (Å²) >= 11 is 0. The Labute approximate surface area is 220 Å². The standard InChI is InChI=1S/C23H40N8O7/c24-9-3-1-5-15(26)20(34)29-16(6-2-4-10-25)21(35)30-17(7-8-19(32)33)22(36)31-18(23(37)38)11-14-12-27-13-28-14/h12-13,15-18H,1-11,24-26H2,(H,27,28)(H,29,34)(H,30,35)(H,31,36)(H,32,33)(H,37,38). The Hall–Kier alpha value is -3.56. The van der Waals surface area contributed by atoms with Gasteiger partial charge in [0.05, 0.1) is 12.4 Å². The van der Waals surface area contributed by atoms with Crippen LogP contribution in [0.4, 0.5) is 0 Å². The maximum absolute atomic E-state index is 13.1. The third-order valence-corrected chi connectivity index (χ3v) is 5.76. The minimum absolute atomic E-state index is 0.111. The Morgan fingerprint density at radius 3 is 1.89 bits per heavy atom. The quantitative estimate of drug-likeness (QED) is 0.0811. The van der Waals surface area contributed by atoms with Crippen molar-refractivity contribution in [1.29, 1.82) is 0 Å². The summed E-state index contributed by atoms with van der Waals surface area (Å²) in [6.07, 6.45) is 4.86. The number of aliphatic carboxylic acids is 2. The summed E-state index contributed by atoms with van der Waals surface area (Å²) in [6, 6.07) is -4.65. The van der Waals surface area contributed by atoms with Gasteiger partial charge in [-0.25, -0.2) is 9.78 Å². The lowest BCUT2D eigenvalue weighted by Gasteiger charge is -2.25. The van der Waals surface area contributed by atoms with Crippen LogP contribution in [0.1, 0.15) is 57.1 Å². The molecule has 4 atom stereocenters. The SMILES string of the molecule is NCCCCC(N)C(=O)NC(CCCCN)C(=O)NC(CCC(=O)O)C(=O)NC(Cc1cnc[nH]1)C(=O)O. The van der Waals surface area contributed by atoms with E-state index in [4.69, 9.17) is 22.3 Å². The number of carboxylic acids is 2. The van der Waals surface area contributed by atoms with E-state index in [0.717, 1.165) is 0 Å². The molecule has 1 heterocycles. The van der Waals surface area contributed by atoms with E-state index >= 15 is 0 Å². The number of imidazole rings is 1. The Morgan fingerprint density at radius 1 is 0.816 bits per heavy atom. The maximum atomic E-state index is 13.1. The molecule has 0 aromatic carbocycles. The minimum Gasteiger partial charge on any atom is -0.481 e. The van der Waals surface area contributed by atoms with E-state index in [-0.39, 0.29) is 19.3 Å². The summed E-state index contributed by atoms with van der Waals surface area (Å²) in [6.45, 7) is 0.834. The molecule has 0 aliphatic carbocycles. The number of rotatable bonds is 20. The fraction of sp³-hybridized carbons (Fsp3) is 0.652. The molecule has 0 spiro atoms. The largest absolute Gasteiger partial charge is 0.481 e. The number of nitrogens with two attached hydrogens (primary N) is 3. The van der Waals surface area contributed by atoms with Crippen molar-refractivity contribution in [2.24, 2.45) is 17.2 Å². The smallest absolute Gasteiger partial charge is 0.326 e. The molecular weight excluding hydrogens is 500 g/mol. The first-order valence-electron chi connectivity index (χ1n) is 12.6. The molecule has 1 aromatic rings. The van der Waals surface area contributed by atoms with E-state index in [1.54, 1.807) is 0 Å². The Bertz CT molecular complexity index is 896. The number of unbranched alkanes of at least 4 members (excludes halogenated alkanes) is 2. The predicted molar refractivity (Wildman–Crippen MR) is 136 cm³/mol. The van der Waals surface area contributed by atoms with Gasteiger partial charge < -0.3 is 48.3 Å². The number of carbonyl (C=O) groups excluding carboxylic acids is 3. The van der Waals surface area contributed by atoms with Gasteiger partial charge in [-0.05, 0) is 51.6 Å². The molecule has 0 saturated heterocycles. The number of carbonyl (C=O) groups is 5. The number of H-pyrrole nitrogens is 1. The van der Waals surface area contributed by atoms with E-state index in [0.29, 0.717) is 50.9 Å². The van der Waals surface area contributed by atoms with Gasteiger partial charge >= 0.3 is 11.9 Å². The van der Waals surface area contributed by atoms with Crippen molar-refractivity contribution in [3.63, 3.8) is 0 Å². The lowest BCUT2D eigenvalue weighted by molar-refractivity contribution is -0.143. The minimum atomic E-state index is -1.37. The van der Waals surface area contributed by atoms with Gasteiger partial charge in [0.1, 0.15) is 18.1 Å². The van der Waals surface area contributed by atoms with Crippen molar-refractivity contribution in [3.8, 4) is 0 Å². The van der Waals surface area contributed by atoms with Gasteiger partial charge in [0.25, 0.3) is 0 Å². The molecular formula is C23H40N8O7. The second-order valence-electron chi connectivity index (χ2n) is 8.91. The molecule has 0 aliphatic heterocycles. The number of aromatic amines is 1. The zero-order chi connectivity index (χ0) is 28.5. The average molecular weight is 541 g/mol. The Balaban J connectivity index is 2.97. The van der Waals surface area contributed by atoms with Gasteiger partial charge in [-0.2, -0.15) is 0 Å². The van der Waals surface area contributed by atoms with Gasteiger partial charge in [-0.1, -0.05) is 6.42 Å². The van der Waals surface area contributed by atoms with Crippen molar-refractivity contribution in [2.45, 2.75) is 82.0 Å². The fourth-order valence-electron chi connectivity index (χ4n) is 3.58. The molecule has 0 fully saturated rings. The zero-order valence-electron chi connectivity index (χ0n) is 21.4. The predicted octanol–water partition coefficient (Wildman–Crippen LogP) is -2.06. The number of carboxylic acid groups (broad SMARTS) is 2. The molecule has 3 amide bonds. The zero-order valence-corrected chi connectivity index (χ0v) is 21.4. The van der Waals surface area contributed by atoms with Crippen LogP contribution in [0, 0.1) is 0 Å². The van der Waals surface area contributed by atoms with Crippen LogP contribution >= 0.6 is 0 Å². The second-order valence-corrected chi connectivity index (χ2v) is 8.91. The third kappa shape index (κ3) is 12.6. The van der Waals surface area contributed by atoms with Crippen LogP contribution in [0.15, 0.2) is 12.5 Å². The number of nitrogens with zero attached hydrogens (tertiary/aromatic N) is 1. The summed E-state index contributed by atoms with van der Waals surface area (Å²) in [5.74, 6) is -4.69. The maximum Gasteiger partial charge on any atom is 0.326 e. The number of hydrogen-bond acceptors (Lipinski definition) is 9. The highest BCUT2D eigenvalue weighted by atomic mass is 16.4. The van der Waals surface area contributed by atoms with Crippen LogP contribution in [0.25, 0.3) is 0 Å². The average Bonchev–Trinajstić information content (AvgIpc) is 3.38. The molecule has 214 valence electrons. The fourth-order valence-corrected chi connectivity index (χ4v) is 3.58. The van der Waals surface area contributed by atoms with E-state index in [1.165, 1.54) is 12.5 Å². The summed E-state index contributed by atoms with van der Waals surface area (Å²) < 4.78 is 0. The van der Waals surface area contributed by atoms with Crippen molar-refractivity contribution in [3.05, 3.63) is 18.2 Å². The first-order valence-corrected chi connectivity index (χ1v) is 12.6. The third-order valence-electron chi connectivity index (χ3n) is 5.76. The number of amides is 3. The number of nitrogens with one attached hydrogen (secondary N) is 4. The van der Waals surface area contributed by atoms with Crippen LogP contribution < -0.4 is 33.2 Å². The molecule has 12 N–H and O–H groups in total. The molecule has 0 radical (unpaired) electrons. The molecule has 0 bridgehead atoms. The summed E-state index contributed by atoms with van der Waals surface area (Å²) in [4.78, 5) is 68.1. The Kier molecular flexibility index (Phi) is 15.2.